The zero-order valence-electron chi connectivity index (χ0n) is 12.7. The molecule has 1 saturated heterocycles. The summed E-state index contributed by atoms with van der Waals surface area (Å²) in [5.74, 6) is 1.90. The predicted octanol–water partition coefficient (Wildman–Crippen LogP) is 2.95. The van der Waals surface area contributed by atoms with Gasteiger partial charge in [-0.2, -0.15) is 0 Å². The van der Waals surface area contributed by atoms with Crippen LogP contribution < -0.4 is 15.4 Å². The molecule has 0 bridgehead atoms. The van der Waals surface area contributed by atoms with E-state index >= 15 is 0 Å². The minimum absolute atomic E-state index is 0.146. The molecule has 2 heterocycles. The number of methoxy groups -OCH3 is 1. The molecule has 112 valence electrons. The molecule has 0 saturated carbocycles. The molecular weight excluding hydrogens is 262 g/mol. The smallest absolute Gasteiger partial charge is 0.136 e. The zero-order chi connectivity index (χ0) is 14.8. The second-order valence-electron chi connectivity index (χ2n) is 5.84. The fraction of sp³-hybridized carbons (Fsp3) is 0.471. The summed E-state index contributed by atoms with van der Waals surface area (Å²) in [7, 11) is 1.70. The largest absolute Gasteiger partial charge is 0.497 e. The molecule has 1 aliphatic rings. The Hall–Kier alpha value is -1.81. The molecule has 3 rings (SSSR count). The number of aromatic nitrogens is 1. The molecule has 0 spiro atoms. The van der Waals surface area contributed by atoms with Gasteiger partial charge in [0.1, 0.15) is 11.6 Å². The number of nitrogens with two attached hydrogens (primary N) is 1. The van der Waals surface area contributed by atoms with Crippen molar-refractivity contribution < 1.29 is 4.74 Å². The molecular formula is C17H23N3O. The second-order valence-corrected chi connectivity index (χ2v) is 5.84. The number of ether oxygens (including phenoxy) is 1. The fourth-order valence-electron chi connectivity index (χ4n) is 3.25. The van der Waals surface area contributed by atoms with Crippen molar-refractivity contribution in [2.75, 3.05) is 18.6 Å². The van der Waals surface area contributed by atoms with E-state index in [1.165, 1.54) is 18.2 Å². The Balaban J connectivity index is 2.09. The number of pyridine rings is 1. The Labute approximate surface area is 125 Å². The lowest BCUT2D eigenvalue weighted by Gasteiger charge is -2.39. The average Bonchev–Trinajstić information content (AvgIpc) is 2.53. The van der Waals surface area contributed by atoms with E-state index in [4.69, 9.17) is 10.5 Å². The SMILES string of the molecule is COc1ccc2ccnc(N3CCCCC3C(C)N)c2c1. The highest BCUT2D eigenvalue weighted by Crippen LogP contribution is 2.32. The van der Waals surface area contributed by atoms with E-state index in [0.717, 1.165) is 29.9 Å². The molecule has 2 N–H and O–H groups in total. The van der Waals surface area contributed by atoms with Crippen LogP contribution in [0.2, 0.25) is 0 Å². The van der Waals surface area contributed by atoms with Gasteiger partial charge in [-0.05, 0) is 49.8 Å². The summed E-state index contributed by atoms with van der Waals surface area (Å²) >= 11 is 0. The van der Waals surface area contributed by atoms with Crippen molar-refractivity contribution in [1.82, 2.24) is 4.98 Å². The van der Waals surface area contributed by atoms with Gasteiger partial charge in [0.2, 0.25) is 0 Å². The van der Waals surface area contributed by atoms with Crippen LogP contribution in [-0.4, -0.2) is 30.7 Å². The monoisotopic (exact) mass is 285 g/mol. The number of anilines is 1. The first-order valence-electron chi connectivity index (χ1n) is 7.65. The summed E-state index contributed by atoms with van der Waals surface area (Å²) in [5.41, 5.74) is 6.20. The molecule has 2 unspecified atom stereocenters. The number of benzene rings is 1. The van der Waals surface area contributed by atoms with Gasteiger partial charge in [0.25, 0.3) is 0 Å². The molecule has 0 amide bonds. The predicted molar refractivity (Wildman–Crippen MR) is 86.9 cm³/mol. The summed E-state index contributed by atoms with van der Waals surface area (Å²) in [5, 5.41) is 2.33. The van der Waals surface area contributed by atoms with Gasteiger partial charge in [0.15, 0.2) is 0 Å². The van der Waals surface area contributed by atoms with E-state index < -0.39 is 0 Å². The van der Waals surface area contributed by atoms with E-state index in [2.05, 4.69) is 28.9 Å². The molecule has 0 aliphatic carbocycles. The van der Waals surface area contributed by atoms with E-state index in [1.54, 1.807) is 7.11 Å². The highest BCUT2D eigenvalue weighted by atomic mass is 16.5. The summed E-state index contributed by atoms with van der Waals surface area (Å²) in [6.45, 7) is 3.12. The van der Waals surface area contributed by atoms with Gasteiger partial charge in [0, 0.05) is 30.2 Å². The number of piperidine rings is 1. The van der Waals surface area contributed by atoms with Crippen LogP contribution in [0.5, 0.6) is 5.75 Å². The van der Waals surface area contributed by atoms with Gasteiger partial charge >= 0.3 is 0 Å². The quantitative estimate of drug-likeness (QED) is 0.942. The maximum Gasteiger partial charge on any atom is 0.136 e. The van der Waals surface area contributed by atoms with Crippen LogP contribution in [0, 0.1) is 0 Å². The maximum absolute atomic E-state index is 6.20. The normalized spacial score (nSPS) is 20.5. The van der Waals surface area contributed by atoms with Crippen LogP contribution >= 0.6 is 0 Å². The molecule has 4 nitrogen and oxygen atoms in total. The fourth-order valence-corrected chi connectivity index (χ4v) is 3.25. The van der Waals surface area contributed by atoms with Gasteiger partial charge in [-0.3, -0.25) is 0 Å². The first kappa shape index (κ1) is 14.1. The van der Waals surface area contributed by atoms with Gasteiger partial charge in [-0.25, -0.2) is 4.98 Å². The molecule has 4 heteroatoms. The van der Waals surface area contributed by atoms with Gasteiger partial charge in [-0.1, -0.05) is 6.07 Å². The van der Waals surface area contributed by atoms with Crippen LogP contribution in [0.3, 0.4) is 0 Å². The number of rotatable bonds is 3. The third-order valence-corrected chi connectivity index (χ3v) is 4.38. The van der Waals surface area contributed by atoms with Crippen molar-refractivity contribution in [3.05, 3.63) is 30.5 Å². The molecule has 1 aliphatic heterocycles. The molecule has 1 aromatic heterocycles. The Morgan fingerprint density at radius 2 is 2.19 bits per heavy atom. The van der Waals surface area contributed by atoms with Gasteiger partial charge in [-0.15, -0.1) is 0 Å². The lowest BCUT2D eigenvalue weighted by molar-refractivity contribution is 0.411. The van der Waals surface area contributed by atoms with Crippen molar-refractivity contribution in [2.45, 2.75) is 38.3 Å². The zero-order valence-corrected chi connectivity index (χ0v) is 12.7. The number of fused-ring (bicyclic) bond motifs is 1. The number of hydrogen-bond acceptors (Lipinski definition) is 4. The van der Waals surface area contributed by atoms with Crippen molar-refractivity contribution in [2.24, 2.45) is 5.73 Å². The molecule has 1 fully saturated rings. The first-order valence-corrected chi connectivity index (χ1v) is 7.65. The molecule has 1 aromatic carbocycles. The standard InChI is InChI=1S/C17H23N3O/c1-12(18)16-5-3-4-10-20(16)17-15-11-14(21-2)7-6-13(15)8-9-19-17/h6-9,11-12,16H,3-5,10,18H2,1-2H3. The van der Waals surface area contributed by atoms with E-state index in [0.29, 0.717) is 6.04 Å². The van der Waals surface area contributed by atoms with Crippen LogP contribution in [0.1, 0.15) is 26.2 Å². The summed E-state index contributed by atoms with van der Waals surface area (Å²) in [6.07, 6.45) is 5.47. The average molecular weight is 285 g/mol. The van der Waals surface area contributed by atoms with Crippen molar-refractivity contribution in [3.63, 3.8) is 0 Å². The Bertz CT molecular complexity index is 626. The topological polar surface area (TPSA) is 51.4 Å². The summed E-state index contributed by atoms with van der Waals surface area (Å²) in [4.78, 5) is 7.04. The lowest BCUT2D eigenvalue weighted by Crippen LogP contribution is -2.49. The Kier molecular flexibility index (Phi) is 3.97. The van der Waals surface area contributed by atoms with Crippen LogP contribution in [-0.2, 0) is 0 Å². The highest BCUT2D eigenvalue weighted by Gasteiger charge is 2.27. The minimum atomic E-state index is 0.146. The first-order chi connectivity index (χ1) is 10.2. The van der Waals surface area contributed by atoms with E-state index in [1.807, 2.05) is 18.3 Å². The van der Waals surface area contributed by atoms with Crippen LogP contribution in [0.15, 0.2) is 30.5 Å². The lowest BCUT2D eigenvalue weighted by atomic mass is 9.96. The number of hydrogen-bond donors (Lipinski definition) is 1. The van der Waals surface area contributed by atoms with Crippen LogP contribution in [0.25, 0.3) is 10.8 Å². The summed E-state index contributed by atoms with van der Waals surface area (Å²) < 4.78 is 5.37. The Morgan fingerprint density at radius 1 is 1.33 bits per heavy atom. The maximum atomic E-state index is 6.20. The van der Waals surface area contributed by atoms with Crippen LogP contribution in [0.4, 0.5) is 5.82 Å². The van der Waals surface area contributed by atoms with Crippen molar-refractivity contribution >= 4 is 16.6 Å². The van der Waals surface area contributed by atoms with Crippen molar-refractivity contribution in [1.29, 1.82) is 0 Å². The second kappa shape index (κ2) is 5.90. The molecule has 21 heavy (non-hydrogen) atoms. The third-order valence-electron chi connectivity index (χ3n) is 4.38. The van der Waals surface area contributed by atoms with E-state index in [-0.39, 0.29) is 6.04 Å². The van der Waals surface area contributed by atoms with Gasteiger partial charge < -0.3 is 15.4 Å². The Morgan fingerprint density at radius 3 is 2.95 bits per heavy atom. The third kappa shape index (κ3) is 2.68. The molecule has 0 radical (unpaired) electrons. The minimum Gasteiger partial charge on any atom is -0.497 e. The highest BCUT2D eigenvalue weighted by molar-refractivity contribution is 5.93. The van der Waals surface area contributed by atoms with Crippen molar-refractivity contribution in [3.8, 4) is 5.75 Å². The summed E-state index contributed by atoms with van der Waals surface area (Å²) in [6, 6.07) is 8.71. The number of nitrogens with zero attached hydrogens (tertiary/aromatic N) is 2. The molecule has 2 aromatic rings. The molecule has 2 atom stereocenters. The van der Waals surface area contributed by atoms with E-state index in [9.17, 15) is 0 Å². The van der Waals surface area contributed by atoms with Gasteiger partial charge in [0.05, 0.1) is 7.11 Å².